The topological polar surface area (TPSA) is 115 Å². The molecule has 0 aromatic carbocycles. The van der Waals surface area contributed by atoms with E-state index in [1.165, 1.54) is 12.7 Å². The van der Waals surface area contributed by atoms with E-state index in [2.05, 4.69) is 67.1 Å². The van der Waals surface area contributed by atoms with Crippen LogP contribution in [-0.2, 0) is 13.1 Å². The zero-order valence-corrected chi connectivity index (χ0v) is 20.2. The average Bonchev–Trinajstić information content (AvgIpc) is 2.83. The number of nitrogens with one attached hydrogen (secondary N) is 1. The van der Waals surface area contributed by atoms with Gasteiger partial charge >= 0.3 is 0 Å². The van der Waals surface area contributed by atoms with Crippen LogP contribution in [0.25, 0.3) is 0 Å². The maximum Gasteiger partial charge on any atom is 0.129 e. The minimum absolute atomic E-state index is 0.515. The third-order valence-corrected chi connectivity index (χ3v) is 4.52. The summed E-state index contributed by atoms with van der Waals surface area (Å²) in [4.78, 5) is 23.4. The van der Waals surface area contributed by atoms with Crippen LogP contribution in [0.5, 0.6) is 0 Å². The maximum atomic E-state index is 5.48. The van der Waals surface area contributed by atoms with Gasteiger partial charge in [0.1, 0.15) is 23.6 Å². The van der Waals surface area contributed by atoms with Crippen molar-refractivity contribution >= 4 is 49.3 Å². The Kier molecular flexibility index (Phi) is 11.5. The van der Waals surface area contributed by atoms with Crippen LogP contribution in [0.3, 0.4) is 0 Å². The molecule has 0 bridgehead atoms. The van der Waals surface area contributed by atoms with Crippen LogP contribution in [0.4, 0.5) is 5.82 Å². The first kappa shape index (κ1) is 24.7. The summed E-state index contributed by atoms with van der Waals surface area (Å²) in [6.07, 6.45) is 13.4. The van der Waals surface area contributed by atoms with Crippen LogP contribution >= 0.6 is 43.5 Å². The van der Waals surface area contributed by atoms with E-state index in [1.54, 1.807) is 43.2 Å². The quantitative estimate of drug-likeness (QED) is 0.342. The minimum atomic E-state index is 0.515. The molecule has 0 fully saturated rings. The lowest BCUT2D eigenvalue weighted by Crippen LogP contribution is -2.01. The Morgan fingerprint density at radius 3 is 1.71 bits per heavy atom. The summed E-state index contributed by atoms with van der Waals surface area (Å²) in [5.74, 6) is 0.835. The number of nitrogens with two attached hydrogens (primary N) is 1. The highest BCUT2D eigenvalue weighted by molar-refractivity contribution is 9.10. The zero-order valence-electron chi connectivity index (χ0n) is 16.2. The summed E-state index contributed by atoms with van der Waals surface area (Å²) in [7, 11) is 0. The molecule has 0 amide bonds. The van der Waals surface area contributed by atoms with Crippen LogP contribution in [0.1, 0.15) is 11.1 Å². The molecule has 8 nitrogen and oxygen atoms in total. The SMILES string of the molecule is Brc1ccc(NCc2cncnc2)nc1.Clc1ccc(Br)cn1.NCc1cncnc1. The Hall–Kier alpha value is -2.53. The number of aromatic nitrogens is 6. The van der Waals surface area contributed by atoms with Gasteiger partial charge in [-0.25, -0.2) is 29.9 Å². The van der Waals surface area contributed by atoms with Crippen LogP contribution in [-0.4, -0.2) is 29.9 Å². The van der Waals surface area contributed by atoms with Gasteiger partial charge in [-0.2, -0.15) is 0 Å². The van der Waals surface area contributed by atoms with Crippen molar-refractivity contribution in [2.45, 2.75) is 13.1 Å². The van der Waals surface area contributed by atoms with Gasteiger partial charge in [-0.1, -0.05) is 11.6 Å². The number of hydrogen-bond donors (Lipinski definition) is 2. The van der Waals surface area contributed by atoms with Crippen molar-refractivity contribution in [3.8, 4) is 0 Å². The second-order valence-electron chi connectivity index (χ2n) is 5.71. The predicted octanol–water partition coefficient (Wildman–Crippen LogP) is 4.68. The highest BCUT2D eigenvalue weighted by Gasteiger charge is 1.95. The lowest BCUT2D eigenvalue weighted by atomic mass is 10.3. The number of rotatable bonds is 4. The van der Waals surface area contributed by atoms with Gasteiger partial charge in [-0.3, -0.25) is 0 Å². The third kappa shape index (κ3) is 10.9. The van der Waals surface area contributed by atoms with Crippen molar-refractivity contribution < 1.29 is 0 Å². The number of pyridine rings is 2. The minimum Gasteiger partial charge on any atom is -0.366 e. The van der Waals surface area contributed by atoms with Crippen molar-refractivity contribution in [2.75, 3.05) is 5.32 Å². The fraction of sp³-hybridized carbons (Fsp3) is 0.100. The van der Waals surface area contributed by atoms with E-state index >= 15 is 0 Å². The molecule has 0 saturated heterocycles. The molecule has 0 aliphatic heterocycles. The van der Waals surface area contributed by atoms with E-state index < -0.39 is 0 Å². The molecular weight excluding hydrogens is 548 g/mol. The summed E-state index contributed by atoms with van der Waals surface area (Å²) >= 11 is 12.0. The second-order valence-corrected chi connectivity index (χ2v) is 7.93. The molecule has 3 N–H and O–H groups in total. The molecule has 4 rings (SSSR count). The van der Waals surface area contributed by atoms with E-state index in [1.807, 2.05) is 18.2 Å². The van der Waals surface area contributed by atoms with Crippen molar-refractivity contribution in [3.63, 3.8) is 0 Å². The lowest BCUT2D eigenvalue weighted by Gasteiger charge is -2.04. The molecule has 4 aromatic rings. The molecule has 0 aliphatic carbocycles. The molecule has 0 aliphatic rings. The third-order valence-electron chi connectivity index (χ3n) is 3.36. The molecule has 0 radical (unpaired) electrons. The van der Waals surface area contributed by atoms with Crippen molar-refractivity contribution in [1.82, 2.24) is 29.9 Å². The Balaban J connectivity index is 0.000000181. The molecule has 0 spiro atoms. The Morgan fingerprint density at radius 1 is 0.742 bits per heavy atom. The highest BCUT2D eigenvalue weighted by Crippen LogP contribution is 2.11. The fourth-order valence-corrected chi connectivity index (χ4v) is 2.47. The number of hydrogen-bond acceptors (Lipinski definition) is 8. The van der Waals surface area contributed by atoms with Gasteiger partial charge in [0.2, 0.25) is 0 Å². The Bertz CT molecular complexity index is 970. The predicted molar refractivity (Wildman–Crippen MR) is 128 cm³/mol. The van der Waals surface area contributed by atoms with Gasteiger partial charge in [0.15, 0.2) is 0 Å². The van der Waals surface area contributed by atoms with Crippen LogP contribution in [0, 0.1) is 0 Å². The number of halogens is 3. The van der Waals surface area contributed by atoms with Gasteiger partial charge < -0.3 is 11.1 Å². The molecule has 0 unspecified atom stereocenters. The van der Waals surface area contributed by atoms with Gasteiger partial charge in [-0.05, 0) is 56.1 Å². The first-order valence-electron chi connectivity index (χ1n) is 8.87. The number of anilines is 1. The molecule has 31 heavy (non-hydrogen) atoms. The molecule has 4 heterocycles. The number of nitrogens with zero attached hydrogens (tertiary/aromatic N) is 6. The summed E-state index contributed by atoms with van der Waals surface area (Å²) in [5.41, 5.74) is 7.26. The summed E-state index contributed by atoms with van der Waals surface area (Å²) in [6.45, 7) is 1.19. The van der Waals surface area contributed by atoms with Gasteiger partial charge in [0.05, 0.1) is 0 Å². The average molecular weight is 567 g/mol. The Labute approximate surface area is 202 Å². The zero-order chi connectivity index (χ0) is 22.3. The summed E-state index contributed by atoms with van der Waals surface area (Å²) in [6, 6.07) is 7.42. The molecule has 11 heteroatoms. The molecule has 0 saturated carbocycles. The van der Waals surface area contributed by atoms with E-state index in [4.69, 9.17) is 17.3 Å². The van der Waals surface area contributed by atoms with E-state index in [0.29, 0.717) is 18.2 Å². The molecular formula is C20H19Br2ClN8. The van der Waals surface area contributed by atoms with E-state index in [0.717, 1.165) is 25.9 Å². The Morgan fingerprint density at radius 2 is 1.29 bits per heavy atom. The summed E-state index contributed by atoms with van der Waals surface area (Å²) < 4.78 is 1.91. The van der Waals surface area contributed by atoms with Gasteiger partial charge in [0.25, 0.3) is 0 Å². The fourth-order valence-electron chi connectivity index (χ4n) is 1.89. The van der Waals surface area contributed by atoms with Crippen molar-refractivity contribution in [1.29, 1.82) is 0 Å². The van der Waals surface area contributed by atoms with Gasteiger partial charge in [0, 0.05) is 70.3 Å². The molecule has 4 aromatic heterocycles. The smallest absolute Gasteiger partial charge is 0.129 e. The van der Waals surface area contributed by atoms with Crippen LogP contribution in [0.2, 0.25) is 5.15 Å². The normalized spacial score (nSPS) is 9.55. The first-order chi connectivity index (χ1) is 15.1. The van der Waals surface area contributed by atoms with Crippen LogP contribution < -0.4 is 11.1 Å². The van der Waals surface area contributed by atoms with Crippen LogP contribution in [0.15, 0.2) is 83.0 Å². The second kappa shape index (κ2) is 14.5. The monoisotopic (exact) mass is 564 g/mol. The standard InChI is InChI=1S/C10H9BrN4.C5H3BrClN.C5H7N3/c11-9-1-2-10(15-6-9)14-5-8-3-12-7-13-4-8;6-4-1-2-5(7)8-3-4;6-1-5-2-7-4-8-3-5/h1-4,6-7H,5H2,(H,14,15);1-3H;2-4H,1,6H2. The first-order valence-corrected chi connectivity index (χ1v) is 10.8. The summed E-state index contributed by atoms with van der Waals surface area (Å²) in [5, 5.41) is 3.70. The van der Waals surface area contributed by atoms with Gasteiger partial charge in [-0.15, -0.1) is 0 Å². The van der Waals surface area contributed by atoms with E-state index in [9.17, 15) is 0 Å². The van der Waals surface area contributed by atoms with Crippen molar-refractivity contribution in [3.05, 3.63) is 99.3 Å². The molecule has 0 atom stereocenters. The lowest BCUT2D eigenvalue weighted by molar-refractivity contribution is 1.01. The maximum absolute atomic E-state index is 5.48. The highest BCUT2D eigenvalue weighted by atomic mass is 79.9. The molecule has 160 valence electrons. The van der Waals surface area contributed by atoms with Crippen molar-refractivity contribution in [2.24, 2.45) is 5.73 Å². The van der Waals surface area contributed by atoms with E-state index in [-0.39, 0.29) is 0 Å². The largest absolute Gasteiger partial charge is 0.366 e.